The Labute approximate surface area is 178 Å². The molecule has 1 N–H and O–H groups in total. The standard InChI is InChI=1S/C24H28N4S/c1-15(2)27-23(22(26-24(27)29)20-11-8-9-13-25-20)19-14-17(4)28(18(19)5)21-12-7-6-10-16(21)3/h6-15,22-23H,1-5H3,(H,26,29)/t22-,23+/m1/s1. The second-order valence-corrected chi connectivity index (χ2v) is 8.46. The summed E-state index contributed by atoms with van der Waals surface area (Å²) >= 11 is 5.75. The number of benzene rings is 1. The number of aryl methyl sites for hydroxylation is 2. The lowest BCUT2D eigenvalue weighted by atomic mass is 9.96. The minimum absolute atomic E-state index is 0.0249. The number of nitrogens with zero attached hydrogens (tertiary/aromatic N) is 3. The number of hydrogen-bond acceptors (Lipinski definition) is 2. The van der Waals surface area contributed by atoms with Gasteiger partial charge in [-0.3, -0.25) is 4.98 Å². The van der Waals surface area contributed by atoms with E-state index in [-0.39, 0.29) is 18.1 Å². The third-order valence-electron chi connectivity index (χ3n) is 5.84. The number of thiocarbonyl (C=S) groups is 1. The molecule has 0 unspecified atom stereocenters. The molecule has 1 saturated heterocycles. The molecule has 0 amide bonds. The molecule has 0 spiro atoms. The Kier molecular flexibility index (Phi) is 5.17. The van der Waals surface area contributed by atoms with Crippen LogP contribution in [-0.2, 0) is 0 Å². The van der Waals surface area contributed by atoms with Crippen LogP contribution < -0.4 is 5.32 Å². The lowest BCUT2D eigenvalue weighted by Crippen LogP contribution is -2.35. The van der Waals surface area contributed by atoms with Gasteiger partial charge in [0, 0.05) is 29.3 Å². The first kappa shape index (κ1) is 19.6. The molecule has 150 valence electrons. The largest absolute Gasteiger partial charge is 0.352 e. The second-order valence-electron chi connectivity index (χ2n) is 8.08. The number of aromatic nitrogens is 2. The first-order valence-corrected chi connectivity index (χ1v) is 10.6. The zero-order chi connectivity index (χ0) is 20.7. The highest BCUT2D eigenvalue weighted by molar-refractivity contribution is 7.80. The quantitative estimate of drug-likeness (QED) is 0.608. The fourth-order valence-electron chi connectivity index (χ4n) is 4.53. The van der Waals surface area contributed by atoms with E-state index in [2.05, 4.69) is 90.8 Å². The van der Waals surface area contributed by atoms with E-state index < -0.39 is 0 Å². The van der Waals surface area contributed by atoms with Crippen molar-refractivity contribution in [2.75, 3.05) is 0 Å². The van der Waals surface area contributed by atoms with Crippen molar-refractivity contribution < 1.29 is 0 Å². The molecule has 4 nitrogen and oxygen atoms in total. The Bertz CT molecular complexity index is 1040. The van der Waals surface area contributed by atoms with Crippen LogP contribution in [0.3, 0.4) is 0 Å². The van der Waals surface area contributed by atoms with Crippen LogP contribution in [-0.4, -0.2) is 25.6 Å². The van der Waals surface area contributed by atoms with Crippen LogP contribution in [0.1, 0.15) is 54.1 Å². The van der Waals surface area contributed by atoms with Crippen LogP contribution >= 0.6 is 12.2 Å². The first-order chi connectivity index (χ1) is 13.9. The molecule has 2 aromatic heterocycles. The molecule has 0 saturated carbocycles. The molecule has 1 aliphatic heterocycles. The van der Waals surface area contributed by atoms with E-state index in [9.17, 15) is 0 Å². The van der Waals surface area contributed by atoms with Gasteiger partial charge < -0.3 is 14.8 Å². The van der Waals surface area contributed by atoms with Crippen LogP contribution in [0.15, 0.2) is 54.7 Å². The van der Waals surface area contributed by atoms with Gasteiger partial charge in [0.25, 0.3) is 0 Å². The maximum Gasteiger partial charge on any atom is 0.170 e. The maximum atomic E-state index is 5.75. The highest BCUT2D eigenvalue weighted by atomic mass is 32.1. The lowest BCUT2D eigenvalue weighted by molar-refractivity contribution is 0.269. The predicted octanol–water partition coefficient (Wildman–Crippen LogP) is 5.18. The highest BCUT2D eigenvalue weighted by Crippen LogP contribution is 2.42. The first-order valence-electron chi connectivity index (χ1n) is 10.1. The monoisotopic (exact) mass is 404 g/mol. The zero-order valence-electron chi connectivity index (χ0n) is 17.7. The fourth-order valence-corrected chi connectivity index (χ4v) is 4.98. The number of nitrogens with one attached hydrogen (secondary N) is 1. The summed E-state index contributed by atoms with van der Waals surface area (Å²) in [6.45, 7) is 10.9. The molecular weight excluding hydrogens is 376 g/mol. The molecule has 1 fully saturated rings. The summed E-state index contributed by atoms with van der Waals surface area (Å²) in [4.78, 5) is 6.96. The third-order valence-corrected chi connectivity index (χ3v) is 6.17. The summed E-state index contributed by atoms with van der Waals surface area (Å²) in [5.74, 6) is 0. The molecule has 4 rings (SSSR count). The Morgan fingerprint density at radius 2 is 1.76 bits per heavy atom. The van der Waals surface area contributed by atoms with Gasteiger partial charge >= 0.3 is 0 Å². The molecule has 0 bridgehead atoms. The van der Waals surface area contributed by atoms with Gasteiger partial charge in [-0.15, -0.1) is 0 Å². The normalized spacial score (nSPS) is 19.1. The Balaban J connectivity index is 1.88. The zero-order valence-corrected chi connectivity index (χ0v) is 18.5. The van der Waals surface area contributed by atoms with E-state index in [1.165, 1.54) is 28.2 Å². The van der Waals surface area contributed by atoms with Crippen molar-refractivity contribution in [3.05, 3.63) is 82.9 Å². The van der Waals surface area contributed by atoms with Crippen molar-refractivity contribution in [1.82, 2.24) is 19.8 Å². The van der Waals surface area contributed by atoms with Gasteiger partial charge in [-0.2, -0.15) is 0 Å². The van der Waals surface area contributed by atoms with E-state index in [1.807, 2.05) is 18.3 Å². The number of hydrogen-bond donors (Lipinski definition) is 1. The van der Waals surface area contributed by atoms with Crippen molar-refractivity contribution in [3.63, 3.8) is 0 Å². The summed E-state index contributed by atoms with van der Waals surface area (Å²) in [5, 5.41) is 4.34. The summed E-state index contributed by atoms with van der Waals surface area (Å²) in [6.07, 6.45) is 1.85. The van der Waals surface area contributed by atoms with Crippen molar-refractivity contribution >= 4 is 17.3 Å². The van der Waals surface area contributed by atoms with Gasteiger partial charge in [0.1, 0.15) is 0 Å². The minimum Gasteiger partial charge on any atom is -0.352 e. The van der Waals surface area contributed by atoms with E-state index in [0.717, 1.165) is 10.8 Å². The molecule has 0 radical (unpaired) electrons. The molecular formula is C24H28N4S. The summed E-state index contributed by atoms with van der Waals surface area (Å²) < 4.78 is 2.36. The van der Waals surface area contributed by atoms with Gasteiger partial charge in [0.2, 0.25) is 0 Å². The molecule has 0 aliphatic carbocycles. The Morgan fingerprint density at radius 3 is 2.41 bits per heavy atom. The lowest BCUT2D eigenvalue weighted by Gasteiger charge is -2.31. The van der Waals surface area contributed by atoms with Crippen LogP contribution in [0.4, 0.5) is 0 Å². The number of rotatable bonds is 4. The number of pyridine rings is 1. The Morgan fingerprint density at radius 1 is 1.03 bits per heavy atom. The smallest absolute Gasteiger partial charge is 0.170 e. The molecule has 3 heterocycles. The van der Waals surface area contributed by atoms with Gasteiger partial charge in [0.15, 0.2) is 5.11 Å². The van der Waals surface area contributed by atoms with Crippen LogP contribution in [0.25, 0.3) is 5.69 Å². The molecule has 1 aliphatic rings. The minimum atomic E-state index is 0.0249. The second kappa shape index (κ2) is 7.64. The average Bonchev–Trinajstić information content (AvgIpc) is 3.19. The van der Waals surface area contributed by atoms with Crippen molar-refractivity contribution in [2.45, 2.75) is 52.7 Å². The van der Waals surface area contributed by atoms with E-state index in [1.54, 1.807) is 0 Å². The maximum absolute atomic E-state index is 5.75. The van der Waals surface area contributed by atoms with Crippen LogP contribution in [0.2, 0.25) is 0 Å². The van der Waals surface area contributed by atoms with Gasteiger partial charge in [-0.25, -0.2) is 0 Å². The van der Waals surface area contributed by atoms with Crippen molar-refractivity contribution in [2.24, 2.45) is 0 Å². The molecule has 3 aromatic rings. The van der Waals surface area contributed by atoms with Gasteiger partial charge in [0.05, 0.1) is 17.8 Å². The third kappa shape index (κ3) is 3.33. The molecule has 5 heteroatoms. The predicted molar refractivity (Wildman–Crippen MR) is 122 cm³/mol. The van der Waals surface area contributed by atoms with E-state index >= 15 is 0 Å². The fraction of sp³-hybridized carbons (Fsp3) is 0.333. The molecule has 2 atom stereocenters. The van der Waals surface area contributed by atoms with E-state index in [0.29, 0.717) is 0 Å². The van der Waals surface area contributed by atoms with Gasteiger partial charge in [-0.1, -0.05) is 24.3 Å². The average molecular weight is 405 g/mol. The van der Waals surface area contributed by atoms with Crippen LogP contribution in [0, 0.1) is 20.8 Å². The van der Waals surface area contributed by atoms with Gasteiger partial charge in [-0.05, 0) is 82.2 Å². The number of para-hydroxylation sites is 1. The topological polar surface area (TPSA) is 33.1 Å². The highest BCUT2D eigenvalue weighted by Gasteiger charge is 2.42. The van der Waals surface area contributed by atoms with Crippen molar-refractivity contribution in [3.8, 4) is 5.69 Å². The Hall–Kier alpha value is -2.66. The van der Waals surface area contributed by atoms with E-state index in [4.69, 9.17) is 12.2 Å². The summed E-state index contributed by atoms with van der Waals surface area (Å²) in [5.41, 5.74) is 7.29. The van der Waals surface area contributed by atoms with Crippen LogP contribution in [0.5, 0.6) is 0 Å². The summed E-state index contributed by atoms with van der Waals surface area (Å²) in [6, 6.07) is 17.3. The van der Waals surface area contributed by atoms with Crippen molar-refractivity contribution in [1.29, 1.82) is 0 Å². The summed E-state index contributed by atoms with van der Waals surface area (Å²) in [7, 11) is 0. The SMILES string of the molecule is Cc1ccccc1-n1c(C)cc([C@H]2[C@@H](c3ccccn3)NC(=S)N2C(C)C)c1C. The molecule has 1 aromatic carbocycles. The molecule has 29 heavy (non-hydrogen) atoms.